The summed E-state index contributed by atoms with van der Waals surface area (Å²) in [6, 6.07) is 15.6. The molecule has 3 aromatic rings. The van der Waals surface area contributed by atoms with Gasteiger partial charge in [0.2, 0.25) is 0 Å². The fraction of sp³-hybridized carbons (Fsp3) is 0.200. The fourth-order valence-corrected chi connectivity index (χ4v) is 2.90. The molecule has 5 heteroatoms. The molecule has 0 spiro atoms. The molecule has 3 rings (SSSR count). The molecule has 25 heavy (non-hydrogen) atoms. The number of aryl methyl sites for hydroxylation is 1. The summed E-state index contributed by atoms with van der Waals surface area (Å²) in [5.41, 5.74) is 3.34. The van der Waals surface area contributed by atoms with Crippen molar-refractivity contribution < 1.29 is 9.21 Å². The van der Waals surface area contributed by atoms with E-state index < -0.39 is 0 Å². The Balaban J connectivity index is 1.83. The van der Waals surface area contributed by atoms with Gasteiger partial charge in [-0.3, -0.25) is 9.78 Å². The maximum atomic E-state index is 12.9. The zero-order valence-electron chi connectivity index (χ0n) is 14.0. The van der Waals surface area contributed by atoms with Crippen LogP contribution < -0.4 is 0 Å². The number of amides is 1. The van der Waals surface area contributed by atoms with E-state index >= 15 is 0 Å². The lowest BCUT2D eigenvalue weighted by molar-refractivity contribution is 0.0696. The lowest BCUT2D eigenvalue weighted by atomic mass is 10.1. The highest BCUT2D eigenvalue weighted by atomic mass is 79.9. The van der Waals surface area contributed by atoms with Crippen LogP contribution in [0.15, 0.2) is 70.0 Å². The lowest BCUT2D eigenvalue weighted by Gasteiger charge is -2.22. The van der Waals surface area contributed by atoms with Crippen LogP contribution in [0.4, 0.5) is 0 Å². The number of carbonyl (C=O) groups is 1. The van der Waals surface area contributed by atoms with Crippen molar-refractivity contribution in [3.63, 3.8) is 0 Å². The van der Waals surface area contributed by atoms with Gasteiger partial charge in [0.1, 0.15) is 0 Å². The lowest BCUT2D eigenvalue weighted by Crippen LogP contribution is -2.29. The van der Waals surface area contributed by atoms with Crippen LogP contribution in [-0.4, -0.2) is 15.8 Å². The van der Waals surface area contributed by atoms with Gasteiger partial charge in [-0.05, 0) is 57.2 Å². The fourth-order valence-electron chi connectivity index (χ4n) is 2.60. The minimum absolute atomic E-state index is 0.144. The van der Waals surface area contributed by atoms with E-state index in [1.165, 1.54) is 5.56 Å². The Kier molecular flexibility index (Phi) is 5.66. The topological polar surface area (TPSA) is 46.3 Å². The van der Waals surface area contributed by atoms with E-state index in [0.29, 0.717) is 23.5 Å². The maximum absolute atomic E-state index is 12.9. The summed E-state index contributed by atoms with van der Waals surface area (Å²) < 4.78 is 5.99. The number of aromatic nitrogens is 1. The Bertz CT molecular complexity index is 828. The first-order valence-electron chi connectivity index (χ1n) is 8.17. The van der Waals surface area contributed by atoms with Gasteiger partial charge < -0.3 is 9.32 Å². The van der Waals surface area contributed by atoms with E-state index in [-0.39, 0.29) is 5.91 Å². The van der Waals surface area contributed by atoms with Crippen molar-refractivity contribution >= 4 is 21.8 Å². The van der Waals surface area contributed by atoms with Gasteiger partial charge in [-0.25, -0.2) is 0 Å². The first-order valence-corrected chi connectivity index (χ1v) is 8.96. The summed E-state index contributed by atoms with van der Waals surface area (Å²) in [6.45, 7) is 3.11. The van der Waals surface area contributed by atoms with E-state index in [4.69, 9.17) is 4.42 Å². The van der Waals surface area contributed by atoms with Crippen LogP contribution in [0.25, 0.3) is 0 Å². The van der Waals surface area contributed by atoms with Gasteiger partial charge in [0, 0.05) is 25.5 Å². The number of benzene rings is 1. The highest BCUT2D eigenvalue weighted by Gasteiger charge is 2.20. The van der Waals surface area contributed by atoms with Gasteiger partial charge in [-0.1, -0.05) is 37.3 Å². The third-order valence-corrected chi connectivity index (χ3v) is 4.40. The second-order valence-electron chi connectivity index (χ2n) is 5.80. The first kappa shape index (κ1) is 17.4. The number of carbonyl (C=O) groups excluding carboxylic acids is 1. The number of hydrogen-bond acceptors (Lipinski definition) is 3. The molecule has 0 fully saturated rings. The average molecular weight is 399 g/mol. The van der Waals surface area contributed by atoms with E-state index in [2.05, 4.69) is 52.1 Å². The second kappa shape index (κ2) is 8.12. The highest BCUT2D eigenvalue weighted by Crippen LogP contribution is 2.19. The molecule has 0 aliphatic rings. The van der Waals surface area contributed by atoms with Crippen molar-refractivity contribution in [2.24, 2.45) is 0 Å². The maximum Gasteiger partial charge on any atom is 0.290 e. The predicted octanol–water partition coefficient (Wildman–Crippen LogP) is 4.84. The molecule has 0 saturated heterocycles. The number of furan rings is 1. The SMILES string of the molecule is CCc1ccc(CN(Cc2cccnc2)C(=O)c2ccc(Br)o2)cc1. The first-order chi connectivity index (χ1) is 12.2. The van der Waals surface area contributed by atoms with Crippen LogP contribution in [0, 0.1) is 0 Å². The number of nitrogens with zero attached hydrogens (tertiary/aromatic N) is 2. The Hall–Kier alpha value is -2.40. The van der Waals surface area contributed by atoms with Gasteiger partial charge in [-0.15, -0.1) is 0 Å². The van der Waals surface area contributed by atoms with Crippen molar-refractivity contribution in [3.8, 4) is 0 Å². The Morgan fingerprint density at radius 1 is 1.04 bits per heavy atom. The van der Waals surface area contributed by atoms with Crippen LogP contribution in [0.5, 0.6) is 0 Å². The summed E-state index contributed by atoms with van der Waals surface area (Å²) in [5, 5.41) is 0. The Morgan fingerprint density at radius 3 is 2.36 bits per heavy atom. The molecule has 0 aliphatic heterocycles. The summed E-state index contributed by atoms with van der Waals surface area (Å²) in [7, 11) is 0. The molecule has 2 heterocycles. The van der Waals surface area contributed by atoms with Crippen LogP contribution in [0.2, 0.25) is 0 Å². The van der Waals surface area contributed by atoms with Crippen molar-refractivity contribution in [2.45, 2.75) is 26.4 Å². The number of hydrogen-bond donors (Lipinski definition) is 0. The molecule has 2 aromatic heterocycles. The molecular weight excluding hydrogens is 380 g/mol. The molecule has 0 radical (unpaired) electrons. The molecule has 0 saturated carbocycles. The number of rotatable bonds is 6. The molecule has 128 valence electrons. The quantitative estimate of drug-likeness (QED) is 0.596. The van der Waals surface area contributed by atoms with E-state index in [9.17, 15) is 4.79 Å². The molecule has 1 amide bonds. The van der Waals surface area contributed by atoms with Crippen molar-refractivity contribution in [2.75, 3.05) is 0 Å². The Morgan fingerprint density at radius 2 is 1.76 bits per heavy atom. The van der Waals surface area contributed by atoms with Gasteiger partial charge in [0.25, 0.3) is 5.91 Å². The van der Waals surface area contributed by atoms with Crippen LogP contribution in [-0.2, 0) is 19.5 Å². The minimum Gasteiger partial charge on any atom is -0.444 e. The van der Waals surface area contributed by atoms with Gasteiger partial charge in [-0.2, -0.15) is 0 Å². The Labute approximate surface area is 155 Å². The zero-order valence-corrected chi connectivity index (χ0v) is 15.6. The third-order valence-electron chi connectivity index (χ3n) is 3.97. The standard InChI is InChI=1S/C20H19BrN2O2/c1-2-15-5-7-16(8-6-15)13-23(14-17-4-3-11-22-12-17)20(24)18-9-10-19(21)25-18/h3-12H,2,13-14H2,1H3. The molecule has 0 atom stereocenters. The molecule has 4 nitrogen and oxygen atoms in total. The summed E-state index contributed by atoms with van der Waals surface area (Å²) >= 11 is 3.25. The zero-order chi connectivity index (χ0) is 17.6. The van der Waals surface area contributed by atoms with Crippen LogP contribution in [0.1, 0.15) is 34.2 Å². The van der Waals surface area contributed by atoms with Gasteiger partial charge in [0.05, 0.1) is 0 Å². The smallest absolute Gasteiger partial charge is 0.290 e. The second-order valence-corrected chi connectivity index (χ2v) is 6.58. The molecule has 0 unspecified atom stereocenters. The normalized spacial score (nSPS) is 10.6. The largest absolute Gasteiger partial charge is 0.444 e. The minimum atomic E-state index is -0.144. The van der Waals surface area contributed by atoms with Crippen molar-refractivity contribution in [3.05, 3.63) is 88.0 Å². The van der Waals surface area contributed by atoms with Gasteiger partial charge >= 0.3 is 0 Å². The van der Waals surface area contributed by atoms with Crippen molar-refractivity contribution in [1.82, 2.24) is 9.88 Å². The molecular formula is C20H19BrN2O2. The third kappa shape index (κ3) is 4.57. The van der Waals surface area contributed by atoms with E-state index in [1.54, 1.807) is 29.4 Å². The average Bonchev–Trinajstić information content (AvgIpc) is 3.08. The molecule has 0 aliphatic carbocycles. The van der Waals surface area contributed by atoms with Crippen LogP contribution >= 0.6 is 15.9 Å². The van der Waals surface area contributed by atoms with Gasteiger partial charge in [0.15, 0.2) is 10.4 Å². The molecule has 0 bridgehead atoms. The monoisotopic (exact) mass is 398 g/mol. The number of halogens is 1. The molecule has 0 N–H and O–H groups in total. The van der Waals surface area contributed by atoms with Crippen molar-refractivity contribution in [1.29, 1.82) is 0 Å². The van der Waals surface area contributed by atoms with Crippen LogP contribution in [0.3, 0.4) is 0 Å². The predicted molar refractivity (Wildman–Crippen MR) is 100 cm³/mol. The number of pyridine rings is 1. The molecule has 1 aromatic carbocycles. The summed E-state index contributed by atoms with van der Waals surface area (Å²) in [6.07, 6.45) is 4.50. The van der Waals surface area contributed by atoms with E-state index in [0.717, 1.165) is 17.5 Å². The summed E-state index contributed by atoms with van der Waals surface area (Å²) in [4.78, 5) is 18.8. The van der Waals surface area contributed by atoms with E-state index in [1.807, 2.05) is 12.1 Å². The summed E-state index contributed by atoms with van der Waals surface area (Å²) in [5.74, 6) is 0.176. The highest BCUT2D eigenvalue weighted by molar-refractivity contribution is 9.10.